The predicted octanol–water partition coefficient (Wildman–Crippen LogP) is 0.529. The Bertz CT molecular complexity index is 308. The summed E-state index contributed by atoms with van der Waals surface area (Å²) >= 11 is 0. The Morgan fingerprint density at radius 2 is 2.00 bits per heavy atom. The molecule has 0 bridgehead atoms. The van der Waals surface area contributed by atoms with Crippen molar-refractivity contribution < 1.29 is 4.74 Å². The van der Waals surface area contributed by atoms with Gasteiger partial charge in [-0.05, 0) is 12.5 Å². The summed E-state index contributed by atoms with van der Waals surface area (Å²) in [5, 5.41) is 3.21. The summed E-state index contributed by atoms with van der Waals surface area (Å²) in [7, 11) is 0. The molecule has 88 valence electrons. The zero-order valence-corrected chi connectivity index (χ0v) is 9.65. The number of aryl methyl sites for hydroxylation is 1. The van der Waals surface area contributed by atoms with Gasteiger partial charge in [0.25, 0.3) is 0 Å². The van der Waals surface area contributed by atoms with Crippen molar-refractivity contribution in [3.05, 3.63) is 18.0 Å². The Labute approximate surface area is 95.8 Å². The van der Waals surface area contributed by atoms with E-state index >= 15 is 0 Å². The molecule has 16 heavy (non-hydrogen) atoms. The summed E-state index contributed by atoms with van der Waals surface area (Å²) in [6.45, 7) is 7.62. The lowest BCUT2D eigenvalue weighted by Gasteiger charge is -2.26. The van der Waals surface area contributed by atoms with Gasteiger partial charge < -0.3 is 10.1 Å². The molecule has 1 fully saturated rings. The standard InChI is InChI=1S/C11H18N4O/c1-10-8-13-11(14-9-10)12-2-3-15-4-6-16-7-5-15/h8-9H,2-7H2,1H3,(H,12,13,14). The number of anilines is 1. The highest BCUT2D eigenvalue weighted by Gasteiger charge is 2.09. The molecule has 0 unspecified atom stereocenters. The first-order chi connectivity index (χ1) is 7.84. The number of hydrogen-bond acceptors (Lipinski definition) is 5. The Morgan fingerprint density at radius 3 is 2.69 bits per heavy atom. The summed E-state index contributed by atoms with van der Waals surface area (Å²) in [6, 6.07) is 0. The van der Waals surface area contributed by atoms with Crippen LogP contribution in [-0.4, -0.2) is 54.3 Å². The number of aromatic nitrogens is 2. The van der Waals surface area contributed by atoms with E-state index in [1.807, 2.05) is 19.3 Å². The minimum absolute atomic E-state index is 0.707. The number of rotatable bonds is 4. The van der Waals surface area contributed by atoms with Gasteiger partial charge in [-0.2, -0.15) is 0 Å². The molecule has 1 aromatic rings. The Morgan fingerprint density at radius 1 is 1.31 bits per heavy atom. The van der Waals surface area contributed by atoms with E-state index in [0.29, 0.717) is 5.95 Å². The largest absolute Gasteiger partial charge is 0.379 e. The molecule has 0 aromatic carbocycles. The van der Waals surface area contributed by atoms with E-state index in [1.54, 1.807) is 0 Å². The molecule has 2 heterocycles. The third kappa shape index (κ3) is 3.43. The highest BCUT2D eigenvalue weighted by Crippen LogP contribution is 1.99. The summed E-state index contributed by atoms with van der Waals surface area (Å²) in [5.74, 6) is 0.707. The molecule has 2 rings (SSSR count). The quantitative estimate of drug-likeness (QED) is 0.805. The van der Waals surface area contributed by atoms with Crippen molar-refractivity contribution in [1.29, 1.82) is 0 Å². The molecule has 0 atom stereocenters. The van der Waals surface area contributed by atoms with Crippen LogP contribution in [0.1, 0.15) is 5.56 Å². The number of ether oxygens (including phenoxy) is 1. The molecule has 1 aliphatic rings. The number of nitrogens with zero attached hydrogens (tertiary/aromatic N) is 3. The van der Waals surface area contributed by atoms with Crippen molar-refractivity contribution in [2.45, 2.75) is 6.92 Å². The van der Waals surface area contributed by atoms with Crippen molar-refractivity contribution >= 4 is 5.95 Å². The minimum Gasteiger partial charge on any atom is -0.379 e. The molecule has 0 saturated carbocycles. The van der Waals surface area contributed by atoms with Gasteiger partial charge in [-0.15, -0.1) is 0 Å². The van der Waals surface area contributed by atoms with E-state index < -0.39 is 0 Å². The van der Waals surface area contributed by atoms with Crippen LogP contribution in [0, 0.1) is 6.92 Å². The molecule has 1 aliphatic heterocycles. The van der Waals surface area contributed by atoms with Crippen molar-refractivity contribution in [3.8, 4) is 0 Å². The van der Waals surface area contributed by atoms with Gasteiger partial charge in [0.1, 0.15) is 0 Å². The lowest BCUT2D eigenvalue weighted by atomic mass is 10.4. The van der Waals surface area contributed by atoms with Gasteiger partial charge in [0, 0.05) is 38.6 Å². The highest BCUT2D eigenvalue weighted by molar-refractivity contribution is 5.23. The number of nitrogens with one attached hydrogen (secondary N) is 1. The van der Waals surface area contributed by atoms with Gasteiger partial charge in [-0.1, -0.05) is 0 Å². The number of hydrogen-bond donors (Lipinski definition) is 1. The average Bonchev–Trinajstić information content (AvgIpc) is 2.33. The summed E-state index contributed by atoms with van der Waals surface area (Å²) in [5.41, 5.74) is 1.08. The second-order valence-corrected chi connectivity index (χ2v) is 3.96. The normalized spacial score (nSPS) is 17.3. The van der Waals surface area contributed by atoms with Crippen molar-refractivity contribution in [3.63, 3.8) is 0 Å². The average molecular weight is 222 g/mol. The molecule has 0 amide bonds. The van der Waals surface area contributed by atoms with Gasteiger partial charge in [0.2, 0.25) is 5.95 Å². The van der Waals surface area contributed by atoms with Crippen LogP contribution >= 0.6 is 0 Å². The van der Waals surface area contributed by atoms with Gasteiger partial charge in [-0.3, -0.25) is 4.90 Å². The fourth-order valence-corrected chi connectivity index (χ4v) is 1.63. The van der Waals surface area contributed by atoms with Crippen LogP contribution in [0.25, 0.3) is 0 Å². The minimum atomic E-state index is 0.707. The van der Waals surface area contributed by atoms with Gasteiger partial charge in [-0.25, -0.2) is 9.97 Å². The molecule has 0 radical (unpaired) electrons. The molecular weight excluding hydrogens is 204 g/mol. The van der Waals surface area contributed by atoms with E-state index in [1.165, 1.54) is 0 Å². The van der Waals surface area contributed by atoms with Crippen LogP contribution in [-0.2, 0) is 4.74 Å². The monoisotopic (exact) mass is 222 g/mol. The molecule has 1 aromatic heterocycles. The highest BCUT2D eigenvalue weighted by atomic mass is 16.5. The van der Waals surface area contributed by atoms with Gasteiger partial charge in [0.15, 0.2) is 0 Å². The lowest BCUT2D eigenvalue weighted by molar-refractivity contribution is 0.0398. The van der Waals surface area contributed by atoms with Crippen LogP contribution in [0.5, 0.6) is 0 Å². The first-order valence-electron chi connectivity index (χ1n) is 5.67. The molecule has 1 saturated heterocycles. The Hall–Kier alpha value is -1.20. The van der Waals surface area contributed by atoms with Crippen molar-refractivity contribution in [2.75, 3.05) is 44.7 Å². The van der Waals surface area contributed by atoms with E-state index in [4.69, 9.17) is 4.74 Å². The maximum atomic E-state index is 5.29. The van der Waals surface area contributed by atoms with Crippen LogP contribution in [0.3, 0.4) is 0 Å². The fraction of sp³-hybridized carbons (Fsp3) is 0.636. The van der Waals surface area contributed by atoms with Crippen LogP contribution in [0.15, 0.2) is 12.4 Å². The first-order valence-corrected chi connectivity index (χ1v) is 5.67. The maximum absolute atomic E-state index is 5.29. The Balaban J connectivity index is 1.69. The predicted molar refractivity (Wildman–Crippen MR) is 62.5 cm³/mol. The van der Waals surface area contributed by atoms with Crippen molar-refractivity contribution in [1.82, 2.24) is 14.9 Å². The third-order valence-corrected chi connectivity index (χ3v) is 2.60. The van der Waals surface area contributed by atoms with E-state index in [2.05, 4.69) is 20.2 Å². The molecule has 0 aliphatic carbocycles. The molecule has 0 spiro atoms. The fourth-order valence-electron chi connectivity index (χ4n) is 1.63. The summed E-state index contributed by atoms with van der Waals surface area (Å²) < 4.78 is 5.29. The molecular formula is C11H18N4O. The third-order valence-electron chi connectivity index (χ3n) is 2.60. The maximum Gasteiger partial charge on any atom is 0.222 e. The van der Waals surface area contributed by atoms with Gasteiger partial charge in [0.05, 0.1) is 13.2 Å². The zero-order valence-electron chi connectivity index (χ0n) is 9.65. The second-order valence-electron chi connectivity index (χ2n) is 3.96. The van der Waals surface area contributed by atoms with E-state index in [0.717, 1.165) is 45.0 Å². The SMILES string of the molecule is Cc1cnc(NCCN2CCOCC2)nc1. The molecule has 5 heteroatoms. The lowest BCUT2D eigenvalue weighted by Crippen LogP contribution is -2.39. The molecule has 5 nitrogen and oxygen atoms in total. The second kappa shape index (κ2) is 5.77. The summed E-state index contributed by atoms with van der Waals surface area (Å²) in [6.07, 6.45) is 3.65. The smallest absolute Gasteiger partial charge is 0.222 e. The van der Waals surface area contributed by atoms with Crippen LogP contribution in [0.4, 0.5) is 5.95 Å². The number of morpholine rings is 1. The van der Waals surface area contributed by atoms with E-state index in [9.17, 15) is 0 Å². The molecule has 1 N–H and O–H groups in total. The van der Waals surface area contributed by atoms with E-state index in [-0.39, 0.29) is 0 Å². The topological polar surface area (TPSA) is 50.3 Å². The first kappa shape index (κ1) is 11.3. The van der Waals surface area contributed by atoms with Gasteiger partial charge >= 0.3 is 0 Å². The summed E-state index contributed by atoms with van der Waals surface area (Å²) in [4.78, 5) is 10.8. The zero-order chi connectivity index (χ0) is 11.2. The van der Waals surface area contributed by atoms with Crippen LogP contribution < -0.4 is 5.32 Å². The van der Waals surface area contributed by atoms with Crippen molar-refractivity contribution in [2.24, 2.45) is 0 Å². The van der Waals surface area contributed by atoms with Crippen LogP contribution in [0.2, 0.25) is 0 Å². The Kier molecular flexibility index (Phi) is 4.07.